The van der Waals surface area contributed by atoms with Gasteiger partial charge in [-0.15, -0.1) is 0 Å². The number of aliphatic hydroxyl groups is 2. The molecule has 0 aliphatic carbocycles. The Kier molecular flexibility index (Phi) is 5.14. The minimum atomic E-state index is -0.951. The quantitative estimate of drug-likeness (QED) is 0.461. The van der Waals surface area contributed by atoms with E-state index in [-0.39, 0.29) is 18.1 Å². The van der Waals surface area contributed by atoms with Crippen LogP contribution in [0.25, 0.3) is 0 Å². The summed E-state index contributed by atoms with van der Waals surface area (Å²) in [6.45, 7) is 3.00. The second-order valence-electron chi connectivity index (χ2n) is 4.61. The van der Waals surface area contributed by atoms with Gasteiger partial charge in [-0.3, -0.25) is 14.9 Å². The Morgan fingerprint density at radius 2 is 1.84 bits per heavy atom. The van der Waals surface area contributed by atoms with E-state index in [1.54, 1.807) is 13.8 Å². The Labute approximate surface area is 110 Å². The zero-order valence-electron chi connectivity index (χ0n) is 10.8. The van der Waals surface area contributed by atoms with Gasteiger partial charge in [0.25, 0.3) is 5.69 Å². The Morgan fingerprint density at radius 1 is 1.32 bits per heavy atom. The minimum Gasteiger partial charge on any atom is -0.396 e. The number of non-ortho nitro benzene ring substituents is 1. The van der Waals surface area contributed by atoms with Gasteiger partial charge in [0.1, 0.15) is 0 Å². The van der Waals surface area contributed by atoms with Gasteiger partial charge in [0.15, 0.2) is 5.78 Å². The van der Waals surface area contributed by atoms with Crippen LogP contribution in [0.1, 0.15) is 24.2 Å². The molecule has 1 aromatic carbocycles. The third-order valence-electron chi connectivity index (χ3n) is 3.16. The van der Waals surface area contributed by atoms with Crippen molar-refractivity contribution < 1.29 is 19.9 Å². The fourth-order valence-electron chi connectivity index (χ4n) is 1.77. The summed E-state index contributed by atoms with van der Waals surface area (Å²) in [4.78, 5) is 22.0. The SMILES string of the molecule is C[C@H](CO)[C@@H](O)[C@@H](C)C(=O)c1ccc([N+](=O)[O-])cc1. The highest BCUT2D eigenvalue weighted by atomic mass is 16.6. The Morgan fingerprint density at radius 3 is 2.26 bits per heavy atom. The molecule has 0 saturated heterocycles. The molecule has 0 heterocycles. The maximum Gasteiger partial charge on any atom is 0.269 e. The van der Waals surface area contributed by atoms with Crippen LogP contribution in [0.15, 0.2) is 24.3 Å². The van der Waals surface area contributed by atoms with Gasteiger partial charge in [0.2, 0.25) is 0 Å². The van der Waals surface area contributed by atoms with Crippen molar-refractivity contribution in [2.45, 2.75) is 20.0 Å². The van der Waals surface area contributed by atoms with E-state index in [1.807, 2.05) is 0 Å². The largest absolute Gasteiger partial charge is 0.396 e. The third-order valence-corrected chi connectivity index (χ3v) is 3.16. The predicted molar refractivity (Wildman–Crippen MR) is 68.8 cm³/mol. The van der Waals surface area contributed by atoms with Gasteiger partial charge >= 0.3 is 0 Å². The molecule has 6 nitrogen and oxygen atoms in total. The molecule has 0 fully saturated rings. The number of benzene rings is 1. The van der Waals surface area contributed by atoms with Gasteiger partial charge in [-0.05, 0) is 12.1 Å². The summed E-state index contributed by atoms with van der Waals surface area (Å²) in [7, 11) is 0. The predicted octanol–water partition coefficient (Wildman–Crippen LogP) is 1.40. The van der Waals surface area contributed by atoms with Crippen LogP contribution in [0, 0.1) is 22.0 Å². The lowest BCUT2D eigenvalue weighted by Gasteiger charge is -2.22. The summed E-state index contributed by atoms with van der Waals surface area (Å²) >= 11 is 0. The second kappa shape index (κ2) is 6.40. The molecule has 104 valence electrons. The standard InChI is InChI=1S/C13H17NO5/c1-8(7-15)12(16)9(2)13(17)10-3-5-11(6-4-10)14(18)19/h3-6,8-9,12,15-16H,7H2,1-2H3/t8-,9-,12-/m1/s1. The average Bonchev–Trinajstić information content (AvgIpc) is 2.44. The molecule has 3 atom stereocenters. The molecule has 1 aromatic rings. The first-order chi connectivity index (χ1) is 8.88. The van der Waals surface area contributed by atoms with Crippen molar-refractivity contribution in [1.29, 1.82) is 0 Å². The van der Waals surface area contributed by atoms with E-state index >= 15 is 0 Å². The maximum atomic E-state index is 12.1. The molecule has 0 aromatic heterocycles. The first kappa shape index (κ1) is 15.3. The third kappa shape index (κ3) is 3.59. The summed E-state index contributed by atoms with van der Waals surface area (Å²) in [6, 6.07) is 5.24. The number of nitrogens with zero attached hydrogens (tertiary/aromatic N) is 1. The first-order valence-corrected chi connectivity index (χ1v) is 5.96. The van der Waals surface area contributed by atoms with Gasteiger partial charge < -0.3 is 10.2 Å². The van der Waals surface area contributed by atoms with Crippen LogP contribution in [0.4, 0.5) is 5.69 Å². The topological polar surface area (TPSA) is 101 Å². The van der Waals surface area contributed by atoms with E-state index in [1.165, 1.54) is 24.3 Å². The number of hydrogen-bond donors (Lipinski definition) is 2. The lowest BCUT2D eigenvalue weighted by molar-refractivity contribution is -0.384. The van der Waals surface area contributed by atoms with E-state index in [4.69, 9.17) is 5.11 Å². The van der Waals surface area contributed by atoms with Crippen molar-refractivity contribution in [3.05, 3.63) is 39.9 Å². The lowest BCUT2D eigenvalue weighted by atomic mass is 9.88. The van der Waals surface area contributed by atoms with Gasteiger partial charge in [-0.1, -0.05) is 13.8 Å². The Balaban J connectivity index is 2.85. The number of carbonyl (C=O) groups is 1. The highest BCUT2D eigenvalue weighted by Gasteiger charge is 2.27. The van der Waals surface area contributed by atoms with Crippen LogP contribution in [0.5, 0.6) is 0 Å². The molecule has 0 radical (unpaired) electrons. The van der Waals surface area contributed by atoms with Crippen LogP contribution < -0.4 is 0 Å². The van der Waals surface area contributed by atoms with Crippen LogP contribution >= 0.6 is 0 Å². The van der Waals surface area contributed by atoms with Crippen molar-refractivity contribution in [2.75, 3.05) is 6.61 Å². The van der Waals surface area contributed by atoms with Gasteiger partial charge in [-0.25, -0.2) is 0 Å². The van der Waals surface area contributed by atoms with Crippen molar-refractivity contribution in [1.82, 2.24) is 0 Å². The molecular weight excluding hydrogens is 250 g/mol. The van der Waals surface area contributed by atoms with Crippen molar-refractivity contribution in [3.63, 3.8) is 0 Å². The molecule has 0 aliphatic heterocycles. The van der Waals surface area contributed by atoms with Gasteiger partial charge in [0, 0.05) is 36.1 Å². The fraction of sp³-hybridized carbons (Fsp3) is 0.462. The second-order valence-corrected chi connectivity index (χ2v) is 4.61. The summed E-state index contributed by atoms with van der Waals surface area (Å²) in [5, 5.41) is 29.3. The van der Waals surface area contributed by atoms with E-state index in [0.29, 0.717) is 5.56 Å². The highest BCUT2D eigenvalue weighted by Crippen LogP contribution is 2.20. The van der Waals surface area contributed by atoms with Crippen LogP contribution in [-0.2, 0) is 0 Å². The molecule has 0 aliphatic rings. The average molecular weight is 267 g/mol. The molecule has 19 heavy (non-hydrogen) atoms. The first-order valence-electron chi connectivity index (χ1n) is 5.96. The van der Waals surface area contributed by atoms with Gasteiger partial charge in [0.05, 0.1) is 11.0 Å². The molecule has 2 N–H and O–H groups in total. The number of Topliss-reactive ketones (excluding diaryl/α,β-unsaturated/α-hetero) is 1. The molecule has 0 amide bonds. The van der Waals surface area contributed by atoms with Crippen molar-refractivity contribution in [3.8, 4) is 0 Å². The van der Waals surface area contributed by atoms with E-state index in [2.05, 4.69) is 0 Å². The number of carbonyl (C=O) groups excluding carboxylic acids is 1. The molecule has 0 unspecified atom stereocenters. The maximum absolute atomic E-state index is 12.1. The van der Waals surface area contributed by atoms with Crippen LogP contribution in [0.2, 0.25) is 0 Å². The van der Waals surface area contributed by atoms with Gasteiger partial charge in [-0.2, -0.15) is 0 Å². The molecule has 0 bridgehead atoms. The fourth-order valence-corrected chi connectivity index (χ4v) is 1.77. The Bertz CT molecular complexity index is 457. The minimum absolute atomic E-state index is 0.0894. The number of nitro groups is 1. The lowest BCUT2D eigenvalue weighted by Crippen LogP contribution is -2.33. The van der Waals surface area contributed by atoms with E-state index < -0.39 is 22.9 Å². The number of hydrogen-bond acceptors (Lipinski definition) is 5. The van der Waals surface area contributed by atoms with E-state index in [9.17, 15) is 20.0 Å². The normalized spacial score (nSPS) is 15.6. The van der Waals surface area contributed by atoms with Crippen LogP contribution in [0.3, 0.4) is 0 Å². The molecule has 6 heteroatoms. The smallest absolute Gasteiger partial charge is 0.269 e. The number of nitro benzene ring substituents is 1. The number of rotatable bonds is 6. The molecule has 1 rings (SSSR count). The highest BCUT2D eigenvalue weighted by molar-refractivity contribution is 5.98. The Hall–Kier alpha value is -1.79. The number of ketones is 1. The van der Waals surface area contributed by atoms with Crippen LogP contribution in [-0.4, -0.2) is 33.6 Å². The van der Waals surface area contributed by atoms with Crippen molar-refractivity contribution in [2.24, 2.45) is 11.8 Å². The molecular formula is C13H17NO5. The molecule has 0 spiro atoms. The van der Waals surface area contributed by atoms with E-state index in [0.717, 1.165) is 0 Å². The van der Waals surface area contributed by atoms with Crippen molar-refractivity contribution >= 4 is 11.5 Å². The number of aliphatic hydroxyl groups excluding tert-OH is 2. The summed E-state index contributed by atoms with van der Waals surface area (Å²) in [6.07, 6.45) is -0.951. The molecule has 0 saturated carbocycles. The summed E-state index contributed by atoms with van der Waals surface area (Å²) in [5.41, 5.74) is 0.218. The summed E-state index contributed by atoms with van der Waals surface area (Å²) < 4.78 is 0. The monoisotopic (exact) mass is 267 g/mol. The zero-order chi connectivity index (χ0) is 14.6. The zero-order valence-corrected chi connectivity index (χ0v) is 10.8. The summed E-state index contributed by atoms with van der Waals surface area (Å²) in [5.74, 6) is -1.39.